The van der Waals surface area contributed by atoms with Crippen LogP contribution >= 0.6 is 11.6 Å². The molecule has 3 N–H and O–H groups in total. The van der Waals surface area contributed by atoms with E-state index >= 15 is 0 Å². The van der Waals surface area contributed by atoms with Gasteiger partial charge in [-0.05, 0) is 25.1 Å². The minimum absolute atomic E-state index is 0.274. The first-order valence-electron chi connectivity index (χ1n) is 6.22. The van der Waals surface area contributed by atoms with Crippen molar-refractivity contribution in [2.24, 2.45) is 0 Å². The van der Waals surface area contributed by atoms with Crippen LogP contribution in [0.5, 0.6) is 0 Å². The maximum absolute atomic E-state index is 11.7. The van der Waals surface area contributed by atoms with Crippen LogP contribution in [0.1, 0.15) is 6.92 Å². The second-order valence-corrected chi connectivity index (χ2v) is 4.57. The van der Waals surface area contributed by atoms with Crippen LogP contribution in [-0.2, 0) is 9.59 Å². The molecule has 1 aromatic carbocycles. The fraction of sp³-hybridized carbons (Fsp3) is 0.308. The van der Waals surface area contributed by atoms with Crippen LogP contribution < -0.4 is 15.5 Å². The Bertz CT molecular complexity index is 536. The van der Waals surface area contributed by atoms with Gasteiger partial charge in [0.15, 0.2) is 0 Å². The Balaban J connectivity index is 2.77. The summed E-state index contributed by atoms with van der Waals surface area (Å²) in [7, 11) is 0. The van der Waals surface area contributed by atoms with Crippen molar-refractivity contribution in [2.75, 3.05) is 24.5 Å². The highest BCUT2D eigenvalue weighted by atomic mass is 35.5. The third-order valence-electron chi connectivity index (χ3n) is 2.42. The first-order valence-corrected chi connectivity index (χ1v) is 6.60. The van der Waals surface area contributed by atoms with E-state index in [2.05, 4.69) is 10.6 Å². The van der Waals surface area contributed by atoms with E-state index in [-0.39, 0.29) is 13.1 Å². The van der Waals surface area contributed by atoms with Gasteiger partial charge in [-0.15, -0.1) is 0 Å². The van der Waals surface area contributed by atoms with Gasteiger partial charge < -0.3 is 15.3 Å². The number of anilines is 1. The van der Waals surface area contributed by atoms with Gasteiger partial charge in [0, 0.05) is 17.3 Å². The second kappa shape index (κ2) is 8.11. The van der Waals surface area contributed by atoms with Crippen molar-refractivity contribution in [1.29, 1.82) is 0 Å². The van der Waals surface area contributed by atoms with E-state index in [1.54, 1.807) is 31.2 Å². The number of aliphatic carboxylic acids is 1. The molecule has 0 aliphatic carbocycles. The standard InChI is InChI=1S/C13H16ClN3O4/c1-2-15-13(21)16-11(18)7-17(8-12(19)20)10-5-3-4-9(14)6-10/h3-6H,2,7-8H2,1H3,(H,19,20)(H2,15,16,18,21). The zero-order valence-electron chi connectivity index (χ0n) is 11.4. The average Bonchev–Trinajstić information content (AvgIpc) is 2.37. The van der Waals surface area contributed by atoms with E-state index in [0.29, 0.717) is 17.3 Å². The third kappa shape index (κ3) is 6.13. The van der Waals surface area contributed by atoms with Gasteiger partial charge >= 0.3 is 12.0 Å². The molecule has 21 heavy (non-hydrogen) atoms. The van der Waals surface area contributed by atoms with E-state index in [1.807, 2.05) is 0 Å². The van der Waals surface area contributed by atoms with Crippen molar-refractivity contribution < 1.29 is 19.5 Å². The summed E-state index contributed by atoms with van der Waals surface area (Å²) in [6, 6.07) is 5.84. The van der Waals surface area contributed by atoms with Gasteiger partial charge in [0.05, 0.1) is 6.54 Å². The highest BCUT2D eigenvalue weighted by Gasteiger charge is 2.16. The van der Waals surface area contributed by atoms with Crippen molar-refractivity contribution in [3.63, 3.8) is 0 Å². The average molecular weight is 314 g/mol. The molecule has 114 valence electrons. The summed E-state index contributed by atoms with van der Waals surface area (Å²) < 4.78 is 0. The monoisotopic (exact) mass is 313 g/mol. The Morgan fingerprint density at radius 2 is 2.00 bits per heavy atom. The predicted octanol–water partition coefficient (Wildman–Crippen LogP) is 1.08. The quantitative estimate of drug-likeness (QED) is 0.730. The summed E-state index contributed by atoms with van der Waals surface area (Å²) in [4.78, 5) is 35.2. The molecule has 0 heterocycles. The van der Waals surface area contributed by atoms with E-state index < -0.39 is 17.9 Å². The highest BCUT2D eigenvalue weighted by molar-refractivity contribution is 6.30. The van der Waals surface area contributed by atoms with Crippen molar-refractivity contribution in [2.45, 2.75) is 6.92 Å². The molecule has 0 saturated carbocycles. The lowest BCUT2D eigenvalue weighted by molar-refractivity contribution is -0.135. The molecule has 0 atom stereocenters. The number of rotatable bonds is 6. The van der Waals surface area contributed by atoms with Crippen LogP contribution in [0, 0.1) is 0 Å². The summed E-state index contributed by atoms with van der Waals surface area (Å²) in [5, 5.41) is 13.9. The SMILES string of the molecule is CCNC(=O)NC(=O)CN(CC(=O)O)c1cccc(Cl)c1. The van der Waals surface area contributed by atoms with Gasteiger partial charge in [0.1, 0.15) is 6.54 Å². The second-order valence-electron chi connectivity index (χ2n) is 4.14. The molecule has 0 unspecified atom stereocenters. The number of urea groups is 1. The number of carbonyl (C=O) groups excluding carboxylic acids is 2. The van der Waals surface area contributed by atoms with Crippen LogP contribution in [0.4, 0.5) is 10.5 Å². The molecule has 8 heteroatoms. The summed E-state index contributed by atoms with van der Waals surface area (Å²) in [6.07, 6.45) is 0. The molecule has 1 aromatic rings. The Kier molecular flexibility index (Phi) is 6.48. The van der Waals surface area contributed by atoms with E-state index in [0.717, 1.165) is 0 Å². The minimum atomic E-state index is -1.10. The Hall–Kier alpha value is -2.28. The fourth-order valence-corrected chi connectivity index (χ4v) is 1.80. The minimum Gasteiger partial charge on any atom is -0.480 e. The van der Waals surface area contributed by atoms with Crippen molar-refractivity contribution in [3.8, 4) is 0 Å². The van der Waals surface area contributed by atoms with Crippen LogP contribution in [0.25, 0.3) is 0 Å². The molecule has 0 aliphatic heterocycles. The number of hydrogen-bond acceptors (Lipinski definition) is 4. The summed E-state index contributed by atoms with van der Waals surface area (Å²) >= 11 is 5.85. The largest absolute Gasteiger partial charge is 0.480 e. The molecule has 1 rings (SSSR count). The number of imide groups is 1. The highest BCUT2D eigenvalue weighted by Crippen LogP contribution is 2.19. The molecule has 0 aromatic heterocycles. The molecule has 0 fully saturated rings. The van der Waals surface area contributed by atoms with Crippen LogP contribution in [-0.4, -0.2) is 42.6 Å². The van der Waals surface area contributed by atoms with Gasteiger partial charge in [-0.2, -0.15) is 0 Å². The van der Waals surface area contributed by atoms with Crippen LogP contribution in [0.2, 0.25) is 5.02 Å². The smallest absolute Gasteiger partial charge is 0.323 e. The summed E-state index contributed by atoms with van der Waals surface area (Å²) in [6.45, 7) is 1.44. The number of nitrogens with zero attached hydrogens (tertiary/aromatic N) is 1. The topological polar surface area (TPSA) is 98.7 Å². The number of amides is 3. The Labute approximate surface area is 126 Å². The number of carboxylic acids is 1. The van der Waals surface area contributed by atoms with Gasteiger partial charge in [0.25, 0.3) is 0 Å². The molecular weight excluding hydrogens is 298 g/mol. The summed E-state index contributed by atoms with van der Waals surface area (Å²) in [5.74, 6) is -1.71. The lowest BCUT2D eigenvalue weighted by Gasteiger charge is -2.22. The molecule has 3 amide bonds. The van der Waals surface area contributed by atoms with E-state index in [4.69, 9.17) is 16.7 Å². The first-order chi connectivity index (χ1) is 9.92. The third-order valence-corrected chi connectivity index (χ3v) is 2.66. The normalized spacial score (nSPS) is 9.81. The molecule has 0 radical (unpaired) electrons. The van der Waals surface area contributed by atoms with Gasteiger partial charge in [-0.1, -0.05) is 17.7 Å². The molecule has 0 spiro atoms. The molecular formula is C13H16ClN3O4. The van der Waals surface area contributed by atoms with Crippen molar-refractivity contribution >= 4 is 35.2 Å². The number of carbonyl (C=O) groups is 3. The van der Waals surface area contributed by atoms with Crippen molar-refractivity contribution in [1.82, 2.24) is 10.6 Å². The fourth-order valence-electron chi connectivity index (χ4n) is 1.62. The van der Waals surface area contributed by atoms with E-state index in [9.17, 15) is 14.4 Å². The Morgan fingerprint density at radius 1 is 1.29 bits per heavy atom. The molecule has 0 aliphatic rings. The van der Waals surface area contributed by atoms with Crippen molar-refractivity contribution in [3.05, 3.63) is 29.3 Å². The number of hydrogen-bond donors (Lipinski definition) is 3. The van der Waals surface area contributed by atoms with Gasteiger partial charge in [0.2, 0.25) is 5.91 Å². The van der Waals surface area contributed by atoms with E-state index in [1.165, 1.54) is 4.90 Å². The number of halogens is 1. The maximum atomic E-state index is 11.7. The first kappa shape index (κ1) is 16.8. The zero-order chi connectivity index (χ0) is 15.8. The Morgan fingerprint density at radius 3 is 2.57 bits per heavy atom. The molecule has 0 bridgehead atoms. The number of carboxylic acid groups (broad SMARTS) is 1. The lowest BCUT2D eigenvalue weighted by Crippen LogP contribution is -2.45. The summed E-state index contributed by atoms with van der Waals surface area (Å²) in [5.41, 5.74) is 0.482. The van der Waals surface area contributed by atoms with Crippen LogP contribution in [0.3, 0.4) is 0 Å². The number of benzene rings is 1. The molecule has 0 saturated heterocycles. The lowest BCUT2D eigenvalue weighted by atomic mass is 10.2. The van der Waals surface area contributed by atoms with Crippen LogP contribution in [0.15, 0.2) is 24.3 Å². The van der Waals surface area contributed by atoms with Gasteiger partial charge in [-0.3, -0.25) is 14.9 Å². The van der Waals surface area contributed by atoms with Gasteiger partial charge in [-0.25, -0.2) is 4.79 Å². The predicted molar refractivity (Wildman–Crippen MR) is 78.5 cm³/mol. The zero-order valence-corrected chi connectivity index (χ0v) is 12.2. The maximum Gasteiger partial charge on any atom is 0.323 e. The number of nitrogens with one attached hydrogen (secondary N) is 2. The molecule has 7 nitrogen and oxygen atoms in total.